The lowest BCUT2D eigenvalue weighted by Crippen LogP contribution is -2.24. The van der Waals surface area contributed by atoms with Crippen LogP contribution in [0.4, 0.5) is 0 Å². The number of para-hydroxylation sites is 2. The van der Waals surface area contributed by atoms with Gasteiger partial charge in [0.05, 0.1) is 28.8 Å². The van der Waals surface area contributed by atoms with Crippen LogP contribution in [0.1, 0.15) is 36.6 Å². The first-order valence-corrected chi connectivity index (χ1v) is 10.5. The zero-order valence-corrected chi connectivity index (χ0v) is 17.3. The van der Waals surface area contributed by atoms with Gasteiger partial charge in [0.2, 0.25) is 0 Å². The lowest BCUT2D eigenvalue weighted by atomic mass is 10.1. The fourth-order valence-corrected chi connectivity index (χ4v) is 4.53. The summed E-state index contributed by atoms with van der Waals surface area (Å²) >= 11 is 0. The Labute approximate surface area is 183 Å². The molecule has 2 aliphatic heterocycles. The summed E-state index contributed by atoms with van der Waals surface area (Å²) < 4.78 is 4.00. The molecule has 162 valence electrons. The molecule has 4 heterocycles. The largest absolute Gasteiger partial charge is 0.392 e. The van der Waals surface area contributed by atoms with Crippen LogP contribution < -0.4 is 10.6 Å². The topological polar surface area (TPSA) is 105 Å². The van der Waals surface area contributed by atoms with Crippen molar-refractivity contribution in [3.8, 4) is 0 Å². The van der Waals surface area contributed by atoms with Crippen LogP contribution in [0.25, 0.3) is 21.8 Å². The number of nitrogens with one attached hydrogen (secondary N) is 2. The molecule has 8 nitrogen and oxygen atoms in total. The maximum absolute atomic E-state index is 11.8. The molecular weight excluding hydrogens is 408 g/mol. The van der Waals surface area contributed by atoms with E-state index in [1.54, 1.807) is 18.3 Å². The molecule has 2 aromatic carbocycles. The first-order valence-electron chi connectivity index (χ1n) is 10.5. The zero-order valence-electron chi connectivity index (χ0n) is 17.3. The Bertz CT molecular complexity index is 1380. The first kappa shape index (κ1) is 20.0. The van der Waals surface area contributed by atoms with Crippen LogP contribution in [-0.4, -0.2) is 45.4 Å². The van der Waals surface area contributed by atoms with Crippen molar-refractivity contribution in [2.75, 3.05) is 13.1 Å². The minimum absolute atomic E-state index is 0.00850. The van der Waals surface area contributed by atoms with Gasteiger partial charge in [-0.2, -0.15) is 0 Å². The van der Waals surface area contributed by atoms with Crippen molar-refractivity contribution in [1.82, 2.24) is 19.8 Å². The van der Waals surface area contributed by atoms with E-state index in [-0.39, 0.29) is 18.4 Å². The molecule has 0 radical (unpaired) electrons. The average Bonchev–Trinajstić information content (AvgIpc) is 3.26. The molecule has 0 unspecified atom stereocenters. The van der Waals surface area contributed by atoms with Crippen LogP contribution in [0.5, 0.6) is 0 Å². The Morgan fingerprint density at radius 1 is 0.844 bits per heavy atom. The number of aliphatic hydroxyl groups is 1. The lowest BCUT2D eigenvalue weighted by molar-refractivity contribution is 0.0948. The molecule has 0 atom stereocenters. The molecule has 2 aliphatic rings. The first-order chi connectivity index (χ1) is 15.6. The summed E-state index contributed by atoms with van der Waals surface area (Å²) in [5.74, 6) is -0.105. The van der Waals surface area contributed by atoms with Gasteiger partial charge in [0.25, 0.3) is 11.8 Å². The van der Waals surface area contributed by atoms with Gasteiger partial charge in [-0.1, -0.05) is 24.3 Å². The molecule has 2 amide bonds. The Morgan fingerprint density at radius 3 is 2.00 bits per heavy atom. The molecule has 0 saturated carbocycles. The molecular formula is C24H22N4O4. The molecule has 3 N–H and O–H groups in total. The van der Waals surface area contributed by atoms with Crippen molar-refractivity contribution in [3.05, 3.63) is 71.0 Å². The second-order valence-corrected chi connectivity index (χ2v) is 7.82. The smallest absolute Gasteiger partial charge is 0.253 e. The van der Waals surface area contributed by atoms with Gasteiger partial charge in [-0.3, -0.25) is 14.4 Å². The summed E-state index contributed by atoms with van der Waals surface area (Å²) in [7, 11) is 0. The molecule has 0 fully saturated rings. The van der Waals surface area contributed by atoms with E-state index < -0.39 is 0 Å². The molecule has 32 heavy (non-hydrogen) atoms. The third kappa shape index (κ3) is 3.16. The van der Waals surface area contributed by atoms with E-state index in [4.69, 9.17) is 0 Å². The van der Waals surface area contributed by atoms with Crippen molar-refractivity contribution < 1.29 is 19.5 Å². The van der Waals surface area contributed by atoms with Gasteiger partial charge in [-0.25, -0.2) is 0 Å². The summed E-state index contributed by atoms with van der Waals surface area (Å²) in [5, 5.41) is 16.8. The highest BCUT2D eigenvalue weighted by molar-refractivity contribution is 6.10. The third-order valence-electron chi connectivity index (χ3n) is 5.97. The Hall–Kier alpha value is -3.91. The molecule has 8 heteroatoms. The van der Waals surface area contributed by atoms with Crippen molar-refractivity contribution in [3.63, 3.8) is 0 Å². The fraction of sp³-hybridized carbons (Fsp3) is 0.208. The number of benzene rings is 2. The van der Waals surface area contributed by atoms with Gasteiger partial charge < -0.3 is 24.9 Å². The Balaban J connectivity index is 0.000000135. The zero-order chi connectivity index (χ0) is 22.2. The maximum Gasteiger partial charge on any atom is 0.253 e. The van der Waals surface area contributed by atoms with E-state index >= 15 is 0 Å². The highest BCUT2D eigenvalue weighted by atomic mass is 16.3. The highest BCUT2D eigenvalue weighted by Gasteiger charge is 2.20. The molecule has 2 aromatic heterocycles. The van der Waals surface area contributed by atoms with E-state index in [2.05, 4.69) is 10.6 Å². The minimum atomic E-state index is -0.0695. The third-order valence-corrected chi connectivity index (χ3v) is 5.97. The van der Waals surface area contributed by atoms with Gasteiger partial charge >= 0.3 is 0 Å². The summed E-state index contributed by atoms with van der Waals surface area (Å²) in [5.41, 5.74) is 4.65. The monoisotopic (exact) mass is 430 g/mol. The predicted octanol–water partition coefficient (Wildman–Crippen LogP) is 2.07. The van der Waals surface area contributed by atoms with E-state index in [9.17, 15) is 19.5 Å². The van der Waals surface area contributed by atoms with Gasteiger partial charge in [0, 0.05) is 60.5 Å². The number of rotatable bonds is 2. The van der Waals surface area contributed by atoms with Crippen LogP contribution in [0.15, 0.2) is 48.8 Å². The van der Waals surface area contributed by atoms with Crippen molar-refractivity contribution >= 4 is 39.9 Å². The van der Waals surface area contributed by atoms with Crippen LogP contribution in [0.3, 0.4) is 0 Å². The van der Waals surface area contributed by atoms with Crippen molar-refractivity contribution in [2.24, 2.45) is 0 Å². The number of nitrogens with zero attached hydrogens (tertiary/aromatic N) is 2. The number of carbonyl (C=O) groups excluding carboxylic acids is 3. The molecule has 0 bridgehead atoms. The van der Waals surface area contributed by atoms with Crippen molar-refractivity contribution in [2.45, 2.75) is 19.7 Å². The Kier molecular flexibility index (Phi) is 4.99. The SMILES string of the molecule is O=C1NCCn2cc(CO)c3cccc1c32.O=Cc1cn2c3c(cccc13)C(=O)NCC2. The normalized spacial score (nSPS) is 14.8. The summed E-state index contributed by atoms with van der Waals surface area (Å²) in [4.78, 5) is 34.5. The fourth-order valence-electron chi connectivity index (χ4n) is 4.53. The summed E-state index contributed by atoms with van der Waals surface area (Å²) in [6.07, 6.45) is 4.57. The molecule has 0 aliphatic carbocycles. The van der Waals surface area contributed by atoms with E-state index in [1.807, 2.05) is 39.6 Å². The molecule has 0 saturated heterocycles. The number of aliphatic hydroxyl groups excluding tert-OH is 1. The molecule has 6 rings (SSSR count). The average molecular weight is 430 g/mol. The quantitative estimate of drug-likeness (QED) is 0.424. The van der Waals surface area contributed by atoms with Gasteiger partial charge in [-0.15, -0.1) is 0 Å². The van der Waals surface area contributed by atoms with Gasteiger partial charge in [0.1, 0.15) is 0 Å². The van der Waals surface area contributed by atoms with Crippen LogP contribution in [-0.2, 0) is 19.7 Å². The van der Waals surface area contributed by atoms with Gasteiger partial charge in [-0.05, 0) is 12.1 Å². The van der Waals surface area contributed by atoms with Crippen molar-refractivity contribution in [1.29, 1.82) is 0 Å². The molecule has 4 aromatic rings. The minimum Gasteiger partial charge on any atom is -0.392 e. The number of aldehydes is 1. The second kappa shape index (κ2) is 7.97. The number of amides is 2. The number of aromatic nitrogens is 2. The van der Waals surface area contributed by atoms with E-state index in [0.29, 0.717) is 36.3 Å². The lowest BCUT2D eigenvalue weighted by Gasteiger charge is -2.01. The highest BCUT2D eigenvalue weighted by Crippen LogP contribution is 2.26. The summed E-state index contributed by atoms with van der Waals surface area (Å²) in [6, 6.07) is 11.1. The predicted molar refractivity (Wildman–Crippen MR) is 120 cm³/mol. The number of hydrogen-bond donors (Lipinski definition) is 3. The van der Waals surface area contributed by atoms with Crippen LogP contribution >= 0.6 is 0 Å². The van der Waals surface area contributed by atoms with E-state index in [1.165, 1.54) is 0 Å². The van der Waals surface area contributed by atoms with Crippen LogP contribution in [0.2, 0.25) is 0 Å². The van der Waals surface area contributed by atoms with Crippen LogP contribution in [0, 0.1) is 0 Å². The standard InChI is InChI=1S/C12H12N2O2.C12H10N2O2/c2*15-7-8-6-14-5-4-13-12(16)10-3-1-2-9(8)11(10)14/h1-3,6,15H,4-5,7H2,(H,13,16);1-3,6-7H,4-5H2,(H,13,16). The van der Waals surface area contributed by atoms with E-state index in [0.717, 1.165) is 40.2 Å². The number of hydrogen-bond acceptors (Lipinski definition) is 4. The number of carbonyl (C=O) groups is 3. The second-order valence-electron chi connectivity index (χ2n) is 7.82. The molecule has 0 spiro atoms. The Morgan fingerprint density at radius 2 is 1.41 bits per heavy atom. The maximum atomic E-state index is 11.8. The van der Waals surface area contributed by atoms with Gasteiger partial charge in [0.15, 0.2) is 6.29 Å². The summed E-state index contributed by atoms with van der Waals surface area (Å²) in [6.45, 7) is 2.68.